The zero-order valence-electron chi connectivity index (χ0n) is 8.62. The van der Waals surface area contributed by atoms with E-state index in [1.54, 1.807) is 24.1 Å². The van der Waals surface area contributed by atoms with E-state index in [4.69, 9.17) is 11.6 Å². The van der Waals surface area contributed by atoms with Crippen LogP contribution in [0.25, 0.3) is 0 Å². The van der Waals surface area contributed by atoms with Crippen LogP contribution >= 0.6 is 11.6 Å². The zero-order valence-corrected chi connectivity index (χ0v) is 9.38. The van der Waals surface area contributed by atoms with Crippen LogP contribution < -0.4 is 4.90 Å². The molecule has 0 spiro atoms. The summed E-state index contributed by atoms with van der Waals surface area (Å²) < 4.78 is 0. The summed E-state index contributed by atoms with van der Waals surface area (Å²) in [5.74, 6) is 0.0391. The largest absolute Gasteiger partial charge is 0.313 e. The van der Waals surface area contributed by atoms with Gasteiger partial charge in [0.1, 0.15) is 0 Å². The van der Waals surface area contributed by atoms with E-state index in [1.807, 2.05) is 13.0 Å². The predicted octanol–water partition coefficient (Wildman–Crippen LogP) is 2.80. The summed E-state index contributed by atoms with van der Waals surface area (Å²) >= 11 is 5.89. The molecule has 0 saturated heterocycles. The molecule has 4 heteroatoms. The van der Waals surface area contributed by atoms with Crippen molar-refractivity contribution in [1.82, 2.24) is 0 Å². The van der Waals surface area contributed by atoms with Crippen molar-refractivity contribution in [1.29, 1.82) is 0 Å². The van der Waals surface area contributed by atoms with E-state index in [9.17, 15) is 4.79 Å². The molecule has 0 aliphatic carbocycles. The maximum absolute atomic E-state index is 11.7. The number of benzene rings is 1. The second-order valence-electron chi connectivity index (χ2n) is 3.61. The molecule has 1 aliphatic heterocycles. The Balaban J connectivity index is 2.60. The van der Waals surface area contributed by atoms with Crippen molar-refractivity contribution in [2.24, 2.45) is 4.99 Å². The molecular formula is C11H11ClN2O. The van der Waals surface area contributed by atoms with Crippen molar-refractivity contribution < 1.29 is 4.79 Å². The Morgan fingerprint density at radius 2 is 2.20 bits per heavy atom. The van der Waals surface area contributed by atoms with Gasteiger partial charge in [0.05, 0.1) is 17.8 Å². The van der Waals surface area contributed by atoms with Crippen LogP contribution in [0.3, 0.4) is 0 Å². The summed E-state index contributed by atoms with van der Waals surface area (Å²) in [5, 5.41) is 0.614. The Bertz CT molecular complexity index is 454. The van der Waals surface area contributed by atoms with Crippen molar-refractivity contribution in [3.8, 4) is 0 Å². The fraction of sp³-hybridized carbons (Fsp3) is 0.273. The molecule has 0 N–H and O–H groups in total. The van der Waals surface area contributed by atoms with Crippen LogP contribution in [-0.2, 0) is 4.79 Å². The molecular weight excluding hydrogens is 212 g/mol. The minimum atomic E-state index is 0.0391. The molecule has 1 amide bonds. The van der Waals surface area contributed by atoms with E-state index >= 15 is 0 Å². The molecule has 1 heterocycles. The third-order valence-electron chi connectivity index (χ3n) is 2.39. The Morgan fingerprint density at radius 3 is 2.93 bits per heavy atom. The average molecular weight is 223 g/mol. The van der Waals surface area contributed by atoms with Crippen molar-refractivity contribution in [3.05, 3.63) is 23.2 Å². The highest BCUT2D eigenvalue weighted by Gasteiger charge is 2.19. The van der Waals surface area contributed by atoms with Crippen molar-refractivity contribution >= 4 is 34.6 Å². The predicted molar refractivity (Wildman–Crippen MR) is 62.2 cm³/mol. The number of anilines is 1. The maximum atomic E-state index is 11.7. The fourth-order valence-electron chi connectivity index (χ4n) is 1.58. The number of nitrogens with zero attached hydrogens (tertiary/aromatic N) is 2. The molecule has 0 unspecified atom stereocenters. The second-order valence-corrected chi connectivity index (χ2v) is 4.05. The Kier molecular flexibility index (Phi) is 2.49. The van der Waals surface area contributed by atoms with Crippen molar-refractivity contribution in [2.45, 2.75) is 13.3 Å². The van der Waals surface area contributed by atoms with Gasteiger partial charge in [0, 0.05) is 17.8 Å². The van der Waals surface area contributed by atoms with Crippen LogP contribution in [0.2, 0.25) is 5.02 Å². The molecule has 0 fully saturated rings. The first-order chi connectivity index (χ1) is 7.08. The first-order valence-corrected chi connectivity index (χ1v) is 5.06. The minimum Gasteiger partial charge on any atom is -0.313 e. The van der Waals surface area contributed by atoms with Crippen molar-refractivity contribution in [2.75, 3.05) is 11.9 Å². The van der Waals surface area contributed by atoms with Gasteiger partial charge in [-0.05, 0) is 25.1 Å². The molecule has 0 aromatic heterocycles. The standard InChI is InChI=1S/C11H11ClN2O/c1-7-5-11(15)14(2)10-6-8(12)3-4-9(10)13-7/h3-4,6H,5H2,1-2H3. The summed E-state index contributed by atoms with van der Waals surface area (Å²) in [4.78, 5) is 17.7. The quantitative estimate of drug-likeness (QED) is 0.665. The van der Waals surface area contributed by atoms with Gasteiger partial charge in [-0.15, -0.1) is 0 Å². The van der Waals surface area contributed by atoms with Gasteiger partial charge in [0.2, 0.25) is 5.91 Å². The smallest absolute Gasteiger partial charge is 0.232 e. The van der Waals surface area contributed by atoms with Gasteiger partial charge in [-0.1, -0.05) is 11.6 Å². The van der Waals surface area contributed by atoms with Gasteiger partial charge in [-0.25, -0.2) is 0 Å². The zero-order chi connectivity index (χ0) is 11.0. The number of halogens is 1. The highest BCUT2D eigenvalue weighted by Crippen LogP contribution is 2.33. The lowest BCUT2D eigenvalue weighted by molar-refractivity contribution is -0.117. The van der Waals surface area contributed by atoms with E-state index in [-0.39, 0.29) is 5.91 Å². The van der Waals surface area contributed by atoms with Gasteiger partial charge < -0.3 is 4.90 Å². The Hall–Kier alpha value is -1.35. The monoisotopic (exact) mass is 222 g/mol. The van der Waals surface area contributed by atoms with E-state index < -0.39 is 0 Å². The van der Waals surface area contributed by atoms with Gasteiger partial charge in [-0.2, -0.15) is 0 Å². The molecule has 78 valence electrons. The molecule has 1 aromatic carbocycles. The summed E-state index contributed by atoms with van der Waals surface area (Å²) in [5.41, 5.74) is 2.39. The third-order valence-corrected chi connectivity index (χ3v) is 2.63. The Morgan fingerprint density at radius 1 is 1.47 bits per heavy atom. The normalized spacial score (nSPS) is 15.8. The molecule has 1 aromatic rings. The number of aliphatic imine (C=N–C) groups is 1. The summed E-state index contributed by atoms with van der Waals surface area (Å²) in [6.45, 7) is 1.86. The first kappa shape index (κ1) is 10.2. The molecule has 1 aliphatic rings. The van der Waals surface area contributed by atoms with Gasteiger partial charge in [0.25, 0.3) is 0 Å². The second kappa shape index (κ2) is 3.66. The molecule has 0 atom stereocenters. The maximum Gasteiger partial charge on any atom is 0.232 e. The van der Waals surface area contributed by atoms with Crippen LogP contribution in [0.4, 0.5) is 11.4 Å². The van der Waals surface area contributed by atoms with Crippen LogP contribution in [-0.4, -0.2) is 18.7 Å². The lowest BCUT2D eigenvalue weighted by Gasteiger charge is -2.16. The van der Waals surface area contributed by atoms with E-state index in [1.165, 1.54) is 0 Å². The van der Waals surface area contributed by atoms with E-state index in [0.29, 0.717) is 11.4 Å². The lowest BCUT2D eigenvalue weighted by Crippen LogP contribution is -2.26. The summed E-state index contributed by atoms with van der Waals surface area (Å²) in [7, 11) is 1.74. The fourth-order valence-corrected chi connectivity index (χ4v) is 1.74. The third kappa shape index (κ3) is 1.88. The topological polar surface area (TPSA) is 32.7 Å². The van der Waals surface area contributed by atoms with Crippen LogP contribution in [0, 0.1) is 0 Å². The SMILES string of the molecule is CC1=Nc2ccc(Cl)cc2N(C)C(=O)C1. The van der Waals surface area contributed by atoms with Crippen LogP contribution in [0.15, 0.2) is 23.2 Å². The number of hydrogen-bond acceptors (Lipinski definition) is 2. The number of rotatable bonds is 0. The molecule has 3 nitrogen and oxygen atoms in total. The van der Waals surface area contributed by atoms with Crippen molar-refractivity contribution in [3.63, 3.8) is 0 Å². The van der Waals surface area contributed by atoms with Crippen LogP contribution in [0.5, 0.6) is 0 Å². The van der Waals surface area contributed by atoms with E-state index in [0.717, 1.165) is 17.1 Å². The summed E-state index contributed by atoms with van der Waals surface area (Å²) in [6.07, 6.45) is 0.364. The number of hydrogen-bond donors (Lipinski definition) is 0. The van der Waals surface area contributed by atoms with E-state index in [2.05, 4.69) is 4.99 Å². The minimum absolute atomic E-state index is 0.0391. The highest BCUT2D eigenvalue weighted by molar-refractivity contribution is 6.31. The number of amides is 1. The molecule has 0 saturated carbocycles. The van der Waals surface area contributed by atoms with Gasteiger partial charge >= 0.3 is 0 Å². The van der Waals surface area contributed by atoms with Gasteiger partial charge in [-0.3, -0.25) is 9.79 Å². The number of fused-ring (bicyclic) bond motifs is 1. The molecule has 15 heavy (non-hydrogen) atoms. The summed E-state index contributed by atoms with van der Waals surface area (Å²) in [6, 6.07) is 5.37. The number of carbonyl (C=O) groups excluding carboxylic acids is 1. The molecule has 0 radical (unpaired) electrons. The number of carbonyl (C=O) groups is 1. The average Bonchev–Trinajstić information content (AvgIpc) is 2.27. The molecule has 0 bridgehead atoms. The Labute approximate surface area is 93.4 Å². The van der Waals surface area contributed by atoms with Crippen LogP contribution in [0.1, 0.15) is 13.3 Å². The van der Waals surface area contributed by atoms with Gasteiger partial charge in [0.15, 0.2) is 0 Å². The molecule has 2 rings (SSSR count). The first-order valence-electron chi connectivity index (χ1n) is 4.68. The lowest BCUT2D eigenvalue weighted by atomic mass is 10.2. The highest BCUT2D eigenvalue weighted by atomic mass is 35.5.